The average molecular weight is 689 g/mol. The molecule has 10 rings (SSSR count). The van der Waals surface area contributed by atoms with Gasteiger partial charge < -0.3 is 9.47 Å². The molecule has 1 aromatic heterocycles. The number of benzene rings is 9. The highest BCUT2D eigenvalue weighted by atomic mass is 15.1. The molecule has 0 amide bonds. The molecule has 0 saturated carbocycles. The van der Waals surface area contributed by atoms with Crippen LogP contribution in [0.2, 0.25) is 0 Å². The maximum absolute atomic E-state index is 2.37. The van der Waals surface area contributed by atoms with E-state index >= 15 is 0 Å². The predicted octanol–water partition coefficient (Wildman–Crippen LogP) is 14.4. The van der Waals surface area contributed by atoms with Gasteiger partial charge in [0.2, 0.25) is 0 Å². The monoisotopic (exact) mass is 688 g/mol. The molecular weight excluding hydrogens is 653 g/mol. The van der Waals surface area contributed by atoms with Gasteiger partial charge in [0.1, 0.15) is 0 Å². The van der Waals surface area contributed by atoms with Crippen molar-refractivity contribution in [3.05, 3.63) is 218 Å². The molecule has 0 unspecified atom stereocenters. The molecule has 0 N–H and O–H groups in total. The van der Waals surface area contributed by atoms with E-state index in [2.05, 4.69) is 228 Å². The SMILES string of the molecule is c1ccc(-c2ccc(-c3ccc(N(c4ccc(-n5c6ccccc6c6ccccc65)cc4)c4ccc5cc(-c6ccccc6)ccc5c4)cc3)cc2)cc1. The Morgan fingerprint density at radius 2 is 0.667 bits per heavy atom. The molecule has 0 atom stereocenters. The van der Waals surface area contributed by atoms with Gasteiger partial charge in [-0.3, -0.25) is 0 Å². The molecule has 0 saturated heterocycles. The van der Waals surface area contributed by atoms with Crippen molar-refractivity contribution in [3.63, 3.8) is 0 Å². The molecule has 0 fully saturated rings. The Morgan fingerprint density at radius 1 is 0.278 bits per heavy atom. The molecule has 1 heterocycles. The first-order chi connectivity index (χ1) is 26.8. The van der Waals surface area contributed by atoms with E-state index in [9.17, 15) is 0 Å². The number of fused-ring (bicyclic) bond motifs is 4. The van der Waals surface area contributed by atoms with E-state index in [0.29, 0.717) is 0 Å². The summed E-state index contributed by atoms with van der Waals surface area (Å²) < 4.78 is 2.37. The zero-order chi connectivity index (χ0) is 35.8. The number of hydrogen-bond donors (Lipinski definition) is 0. The van der Waals surface area contributed by atoms with Gasteiger partial charge in [-0.2, -0.15) is 0 Å². The fraction of sp³-hybridized carbons (Fsp3) is 0. The van der Waals surface area contributed by atoms with Crippen LogP contribution in [0.5, 0.6) is 0 Å². The Balaban J connectivity index is 1.05. The molecular formula is C52H36N2. The van der Waals surface area contributed by atoms with Gasteiger partial charge >= 0.3 is 0 Å². The topological polar surface area (TPSA) is 8.17 Å². The Morgan fingerprint density at radius 3 is 1.24 bits per heavy atom. The normalized spacial score (nSPS) is 11.3. The Bertz CT molecular complexity index is 2830. The number of rotatable bonds is 7. The van der Waals surface area contributed by atoms with E-state index in [1.54, 1.807) is 0 Å². The molecule has 0 aliphatic carbocycles. The average Bonchev–Trinajstić information content (AvgIpc) is 3.59. The summed E-state index contributed by atoms with van der Waals surface area (Å²) in [4.78, 5) is 2.36. The summed E-state index contributed by atoms with van der Waals surface area (Å²) in [6, 6.07) is 78.8. The minimum absolute atomic E-state index is 1.10. The van der Waals surface area contributed by atoms with Gasteiger partial charge in [0, 0.05) is 33.5 Å². The molecule has 254 valence electrons. The zero-order valence-electron chi connectivity index (χ0n) is 29.7. The van der Waals surface area contributed by atoms with Crippen molar-refractivity contribution < 1.29 is 0 Å². The third-order valence-electron chi connectivity index (χ3n) is 10.6. The lowest BCUT2D eigenvalue weighted by Crippen LogP contribution is -2.10. The first-order valence-electron chi connectivity index (χ1n) is 18.5. The Labute approximate surface area is 315 Å². The summed E-state index contributed by atoms with van der Waals surface area (Å²) in [6.07, 6.45) is 0. The van der Waals surface area contributed by atoms with E-state index in [1.165, 1.54) is 66.0 Å². The van der Waals surface area contributed by atoms with Crippen molar-refractivity contribution in [2.75, 3.05) is 4.90 Å². The summed E-state index contributed by atoms with van der Waals surface area (Å²) >= 11 is 0. The van der Waals surface area contributed by atoms with Crippen LogP contribution in [0, 0.1) is 0 Å². The van der Waals surface area contributed by atoms with Gasteiger partial charge in [-0.1, -0.05) is 152 Å². The first kappa shape index (κ1) is 31.6. The van der Waals surface area contributed by atoms with E-state index in [0.717, 1.165) is 22.7 Å². The van der Waals surface area contributed by atoms with Crippen LogP contribution in [-0.2, 0) is 0 Å². The fourth-order valence-corrected chi connectivity index (χ4v) is 7.87. The van der Waals surface area contributed by atoms with Crippen LogP contribution in [0.15, 0.2) is 218 Å². The van der Waals surface area contributed by atoms with Gasteiger partial charge in [-0.15, -0.1) is 0 Å². The maximum atomic E-state index is 2.37. The molecule has 0 radical (unpaired) electrons. The van der Waals surface area contributed by atoms with Crippen molar-refractivity contribution in [3.8, 4) is 39.1 Å². The summed E-state index contributed by atoms with van der Waals surface area (Å²) in [6.45, 7) is 0. The minimum atomic E-state index is 1.10. The van der Waals surface area contributed by atoms with Crippen molar-refractivity contribution >= 4 is 49.6 Å². The largest absolute Gasteiger partial charge is 0.310 e. The van der Waals surface area contributed by atoms with Crippen LogP contribution in [0.3, 0.4) is 0 Å². The van der Waals surface area contributed by atoms with Crippen molar-refractivity contribution in [1.29, 1.82) is 0 Å². The zero-order valence-corrected chi connectivity index (χ0v) is 29.7. The third-order valence-corrected chi connectivity index (χ3v) is 10.6. The summed E-state index contributed by atoms with van der Waals surface area (Å²) in [5.74, 6) is 0. The molecule has 0 aliphatic rings. The van der Waals surface area contributed by atoms with Crippen LogP contribution in [0.25, 0.3) is 71.6 Å². The van der Waals surface area contributed by atoms with Crippen molar-refractivity contribution in [2.45, 2.75) is 0 Å². The van der Waals surface area contributed by atoms with Crippen LogP contribution >= 0.6 is 0 Å². The number of aromatic nitrogens is 1. The van der Waals surface area contributed by atoms with E-state index in [1.807, 2.05) is 0 Å². The Hall–Kier alpha value is -7.16. The van der Waals surface area contributed by atoms with Gasteiger partial charge in [0.05, 0.1) is 11.0 Å². The van der Waals surface area contributed by atoms with E-state index in [-0.39, 0.29) is 0 Å². The Kier molecular flexibility index (Phi) is 7.85. The molecule has 10 aromatic rings. The number of hydrogen-bond acceptors (Lipinski definition) is 1. The lowest BCUT2D eigenvalue weighted by Gasteiger charge is -2.26. The quantitative estimate of drug-likeness (QED) is 0.162. The highest BCUT2D eigenvalue weighted by molar-refractivity contribution is 6.09. The number of anilines is 3. The smallest absolute Gasteiger partial charge is 0.0541 e. The maximum Gasteiger partial charge on any atom is 0.0541 e. The molecule has 2 heteroatoms. The minimum Gasteiger partial charge on any atom is -0.310 e. The van der Waals surface area contributed by atoms with Crippen LogP contribution in [0.1, 0.15) is 0 Å². The lowest BCUT2D eigenvalue weighted by molar-refractivity contribution is 1.17. The second-order valence-corrected chi connectivity index (χ2v) is 13.8. The second-order valence-electron chi connectivity index (χ2n) is 13.8. The molecule has 0 aliphatic heterocycles. The van der Waals surface area contributed by atoms with E-state index < -0.39 is 0 Å². The molecule has 0 bridgehead atoms. The standard InChI is InChI=1S/C52H36N2/c1-3-11-37(12-4-1)39-19-21-40(22-20-39)41-25-28-45(29-26-41)53(48-30-27-43-35-42(23-24-44(43)36-48)38-13-5-2-6-14-38)46-31-33-47(34-32-46)54-51-17-9-7-15-49(51)50-16-8-10-18-52(50)54/h1-36H. The fourth-order valence-electron chi connectivity index (χ4n) is 7.87. The summed E-state index contributed by atoms with van der Waals surface area (Å²) in [5.41, 5.74) is 14.1. The number of para-hydroxylation sites is 2. The second kappa shape index (κ2) is 13.4. The molecule has 54 heavy (non-hydrogen) atoms. The van der Waals surface area contributed by atoms with Gasteiger partial charge in [0.25, 0.3) is 0 Å². The number of nitrogens with zero attached hydrogens (tertiary/aromatic N) is 2. The molecule has 0 spiro atoms. The predicted molar refractivity (Wildman–Crippen MR) is 229 cm³/mol. The molecule has 9 aromatic carbocycles. The summed E-state index contributed by atoms with van der Waals surface area (Å²) in [5, 5.41) is 4.95. The highest BCUT2D eigenvalue weighted by Gasteiger charge is 2.16. The molecule has 2 nitrogen and oxygen atoms in total. The van der Waals surface area contributed by atoms with Crippen molar-refractivity contribution in [2.24, 2.45) is 0 Å². The van der Waals surface area contributed by atoms with Crippen LogP contribution < -0.4 is 4.90 Å². The lowest BCUT2D eigenvalue weighted by atomic mass is 9.99. The third kappa shape index (κ3) is 5.71. The highest BCUT2D eigenvalue weighted by Crippen LogP contribution is 2.39. The van der Waals surface area contributed by atoms with Gasteiger partial charge in [0.15, 0.2) is 0 Å². The van der Waals surface area contributed by atoms with Crippen LogP contribution in [0.4, 0.5) is 17.1 Å². The van der Waals surface area contributed by atoms with Crippen molar-refractivity contribution in [1.82, 2.24) is 4.57 Å². The van der Waals surface area contributed by atoms with Crippen LogP contribution in [-0.4, -0.2) is 4.57 Å². The van der Waals surface area contributed by atoms with Gasteiger partial charge in [-0.05, 0) is 111 Å². The first-order valence-corrected chi connectivity index (χ1v) is 18.5. The van der Waals surface area contributed by atoms with E-state index in [4.69, 9.17) is 0 Å². The van der Waals surface area contributed by atoms with Gasteiger partial charge in [-0.25, -0.2) is 0 Å². The summed E-state index contributed by atoms with van der Waals surface area (Å²) in [7, 11) is 0.